The van der Waals surface area contributed by atoms with Crippen LogP contribution in [-0.4, -0.2) is 10.7 Å². The van der Waals surface area contributed by atoms with Crippen LogP contribution in [0.5, 0.6) is 0 Å². The van der Waals surface area contributed by atoms with Crippen LogP contribution in [-0.2, 0) is 16.1 Å². The first-order chi connectivity index (χ1) is 8.69. The predicted molar refractivity (Wildman–Crippen MR) is 74.7 cm³/mol. The summed E-state index contributed by atoms with van der Waals surface area (Å²) >= 11 is 4.31. The second-order valence-electron chi connectivity index (χ2n) is 4.75. The molecule has 0 bridgehead atoms. The summed E-state index contributed by atoms with van der Waals surface area (Å²) in [7, 11) is 0. The topological polar surface area (TPSA) is 26.3 Å². The molecule has 0 heterocycles. The van der Waals surface area contributed by atoms with E-state index in [1.54, 1.807) is 0 Å². The zero-order valence-corrected chi connectivity index (χ0v) is 10.8. The summed E-state index contributed by atoms with van der Waals surface area (Å²) in [5, 5.41) is 2.30. The van der Waals surface area contributed by atoms with Gasteiger partial charge in [0.1, 0.15) is 11.4 Å². The van der Waals surface area contributed by atoms with Crippen molar-refractivity contribution < 1.29 is 9.53 Å². The molecule has 0 spiro atoms. The molecule has 0 saturated heterocycles. The Morgan fingerprint density at radius 1 is 1.17 bits per heavy atom. The number of fused-ring (bicyclic) bond motifs is 1. The van der Waals surface area contributed by atoms with E-state index in [1.807, 2.05) is 30.3 Å². The van der Waals surface area contributed by atoms with E-state index in [2.05, 4.69) is 24.8 Å². The lowest BCUT2D eigenvalue weighted by Gasteiger charge is -2.10. The minimum Gasteiger partial charge on any atom is -0.460 e. The largest absolute Gasteiger partial charge is 0.460 e. The van der Waals surface area contributed by atoms with Gasteiger partial charge in [0, 0.05) is 0 Å². The number of carbonyl (C=O) groups is 1. The lowest BCUT2D eigenvalue weighted by molar-refractivity contribution is -0.145. The normalized spacial score (nSPS) is 16.5. The van der Waals surface area contributed by atoms with Crippen LogP contribution in [0.4, 0.5) is 0 Å². The van der Waals surface area contributed by atoms with Gasteiger partial charge in [-0.3, -0.25) is 4.79 Å². The lowest BCUT2D eigenvalue weighted by Crippen LogP contribution is -2.18. The zero-order chi connectivity index (χ0) is 12.6. The fourth-order valence-electron chi connectivity index (χ4n) is 2.02. The van der Waals surface area contributed by atoms with Crippen molar-refractivity contribution in [2.45, 2.75) is 24.2 Å². The highest BCUT2D eigenvalue weighted by Crippen LogP contribution is 2.43. The summed E-state index contributed by atoms with van der Waals surface area (Å²) in [5.74, 6) is -0.196. The van der Waals surface area contributed by atoms with Crippen molar-refractivity contribution in [2.75, 3.05) is 0 Å². The Bertz CT molecular complexity index is 597. The highest BCUT2D eigenvalue weighted by molar-refractivity contribution is 7.83. The van der Waals surface area contributed by atoms with Crippen LogP contribution in [0.25, 0.3) is 10.8 Å². The first kappa shape index (κ1) is 11.6. The first-order valence-corrected chi connectivity index (χ1v) is 6.50. The lowest BCUT2D eigenvalue weighted by atomic mass is 10.1. The third-order valence-corrected chi connectivity index (χ3v) is 3.97. The monoisotopic (exact) mass is 258 g/mol. The highest BCUT2D eigenvalue weighted by Gasteiger charge is 2.48. The van der Waals surface area contributed by atoms with Crippen molar-refractivity contribution in [3.8, 4) is 0 Å². The molecule has 2 aromatic carbocycles. The SMILES string of the molecule is O=C(OCc1cccc2ccccc12)C1(S)CC1. The number of ether oxygens (including phenoxy) is 1. The van der Waals surface area contributed by atoms with Crippen molar-refractivity contribution in [3.05, 3.63) is 48.0 Å². The average molecular weight is 258 g/mol. The Morgan fingerprint density at radius 2 is 1.89 bits per heavy atom. The molecule has 1 aliphatic rings. The van der Waals surface area contributed by atoms with Crippen LogP contribution < -0.4 is 0 Å². The van der Waals surface area contributed by atoms with Gasteiger partial charge in [-0.15, -0.1) is 0 Å². The van der Waals surface area contributed by atoms with Gasteiger partial charge >= 0.3 is 5.97 Å². The first-order valence-electron chi connectivity index (χ1n) is 6.05. The number of hydrogen-bond donors (Lipinski definition) is 1. The molecule has 1 aliphatic carbocycles. The van der Waals surface area contributed by atoms with Crippen molar-refractivity contribution >= 4 is 29.4 Å². The van der Waals surface area contributed by atoms with Gasteiger partial charge in [-0.1, -0.05) is 42.5 Å². The molecular formula is C15H14O2S. The van der Waals surface area contributed by atoms with Gasteiger partial charge in [-0.25, -0.2) is 0 Å². The van der Waals surface area contributed by atoms with Crippen LogP contribution in [0, 0.1) is 0 Å². The van der Waals surface area contributed by atoms with Crippen LogP contribution in [0.3, 0.4) is 0 Å². The highest BCUT2D eigenvalue weighted by atomic mass is 32.1. The van der Waals surface area contributed by atoms with Gasteiger partial charge in [-0.05, 0) is 29.2 Å². The third-order valence-electron chi connectivity index (χ3n) is 3.34. The number of benzene rings is 2. The molecule has 0 N–H and O–H groups in total. The summed E-state index contributed by atoms with van der Waals surface area (Å²) in [5.41, 5.74) is 1.04. The van der Waals surface area contributed by atoms with E-state index >= 15 is 0 Å². The van der Waals surface area contributed by atoms with Crippen LogP contribution >= 0.6 is 12.6 Å². The Morgan fingerprint density at radius 3 is 2.67 bits per heavy atom. The molecule has 3 heteroatoms. The third kappa shape index (κ3) is 2.10. The molecule has 2 nitrogen and oxygen atoms in total. The maximum Gasteiger partial charge on any atom is 0.322 e. The average Bonchev–Trinajstić information content (AvgIpc) is 3.15. The molecular weight excluding hydrogens is 244 g/mol. The molecule has 1 fully saturated rings. The second kappa shape index (κ2) is 4.32. The Balaban J connectivity index is 1.80. The van der Waals surface area contributed by atoms with E-state index in [0.29, 0.717) is 6.61 Å². The number of rotatable bonds is 3. The molecule has 0 atom stereocenters. The Hall–Kier alpha value is -1.48. The predicted octanol–water partition coefficient (Wildman–Crippen LogP) is 3.35. The molecule has 18 heavy (non-hydrogen) atoms. The molecule has 1 saturated carbocycles. The van der Waals surface area contributed by atoms with E-state index < -0.39 is 4.75 Å². The van der Waals surface area contributed by atoms with Gasteiger partial charge < -0.3 is 4.74 Å². The minimum absolute atomic E-state index is 0.196. The number of thiol groups is 1. The smallest absolute Gasteiger partial charge is 0.322 e. The quantitative estimate of drug-likeness (QED) is 0.675. The van der Waals surface area contributed by atoms with Gasteiger partial charge in [0.2, 0.25) is 0 Å². The Kier molecular flexibility index (Phi) is 2.78. The Labute approximate surface area is 111 Å². The molecule has 2 aromatic rings. The molecule has 3 rings (SSSR count). The van der Waals surface area contributed by atoms with Crippen LogP contribution in [0.15, 0.2) is 42.5 Å². The van der Waals surface area contributed by atoms with Crippen molar-refractivity contribution in [1.29, 1.82) is 0 Å². The molecule has 0 radical (unpaired) electrons. The van der Waals surface area contributed by atoms with E-state index in [-0.39, 0.29) is 5.97 Å². The van der Waals surface area contributed by atoms with Gasteiger partial charge in [0.05, 0.1) is 0 Å². The van der Waals surface area contributed by atoms with Crippen LogP contribution in [0.1, 0.15) is 18.4 Å². The van der Waals surface area contributed by atoms with Crippen molar-refractivity contribution in [1.82, 2.24) is 0 Å². The number of esters is 1. The van der Waals surface area contributed by atoms with Crippen LogP contribution in [0.2, 0.25) is 0 Å². The summed E-state index contributed by atoms with van der Waals surface area (Å²) in [6.45, 7) is 0.322. The van der Waals surface area contributed by atoms with Crippen molar-refractivity contribution in [2.24, 2.45) is 0 Å². The van der Waals surface area contributed by atoms with E-state index in [0.717, 1.165) is 29.2 Å². The maximum absolute atomic E-state index is 11.7. The molecule has 0 aliphatic heterocycles. The minimum atomic E-state index is -0.509. The number of hydrogen-bond acceptors (Lipinski definition) is 3. The van der Waals surface area contributed by atoms with E-state index in [9.17, 15) is 4.79 Å². The summed E-state index contributed by atoms with van der Waals surface area (Å²) in [4.78, 5) is 11.7. The van der Waals surface area contributed by atoms with Crippen molar-refractivity contribution in [3.63, 3.8) is 0 Å². The molecule has 92 valence electrons. The van der Waals surface area contributed by atoms with Gasteiger partial charge in [-0.2, -0.15) is 12.6 Å². The summed E-state index contributed by atoms with van der Waals surface area (Å²) in [6.07, 6.45) is 1.65. The fraction of sp³-hybridized carbons (Fsp3) is 0.267. The maximum atomic E-state index is 11.7. The molecule has 0 aromatic heterocycles. The second-order valence-corrected chi connectivity index (χ2v) is 5.60. The van der Waals surface area contributed by atoms with Gasteiger partial charge in [0.15, 0.2) is 0 Å². The van der Waals surface area contributed by atoms with E-state index in [1.165, 1.54) is 0 Å². The zero-order valence-electron chi connectivity index (χ0n) is 9.93. The summed E-state index contributed by atoms with van der Waals surface area (Å²) in [6, 6.07) is 14.1. The van der Waals surface area contributed by atoms with E-state index in [4.69, 9.17) is 4.74 Å². The fourth-order valence-corrected chi connectivity index (χ4v) is 2.19. The standard InChI is InChI=1S/C15H14O2S/c16-14(15(18)8-9-15)17-10-12-6-3-5-11-4-1-2-7-13(11)12/h1-7,18H,8-10H2. The summed E-state index contributed by atoms with van der Waals surface area (Å²) < 4.78 is 4.84. The van der Waals surface area contributed by atoms with Gasteiger partial charge in [0.25, 0.3) is 0 Å². The molecule has 0 unspecified atom stereocenters. The molecule has 0 amide bonds. The number of carbonyl (C=O) groups excluding carboxylic acids is 1.